The predicted molar refractivity (Wildman–Crippen MR) is 79.6 cm³/mol. The molecule has 0 bridgehead atoms. The Kier molecular flexibility index (Phi) is 3.75. The number of hydrogen-bond donors (Lipinski definition) is 2. The summed E-state index contributed by atoms with van der Waals surface area (Å²) in [5, 5.41) is 10.1. The second-order valence-corrected chi connectivity index (χ2v) is 5.51. The highest BCUT2D eigenvalue weighted by molar-refractivity contribution is 5.83. The summed E-state index contributed by atoms with van der Waals surface area (Å²) in [5.41, 5.74) is 1.40. The van der Waals surface area contributed by atoms with Crippen LogP contribution >= 0.6 is 0 Å². The normalized spacial score (nSPS) is 21.4. The van der Waals surface area contributed by atoms with E-state index in [1.54, 1.807) is 7.05 Å². The Labute approximate surface area is 123 Å². The summed E-state index contributed by atoms with van der Waals surface area (Å²) in [6.07, 6.45) is 1.38. The van der Waals surface area contributed by atoms with Crippen LogP contribution in [0.3, 0.4) is 0 Å². The first-order chi connectivity index (χ1) is 10.2. The van der Waals surface area contributed by atoms with E-state index in [0.29, 0.717) is 13.0 Å². The van der Waals surface area contributed by atoms with Crippen molar-refractivity contribution in [2.45, 2.75) is 12.8 Å². The molecule has 1 aromatic heterocycles. The van der Waals surface area contributed by atoms with Crippen molar-refractivity contribution >= 4 is 5.91 Å². The second kappa shape index (κ2) is 5.69. The third-order valence-corrected chi connectivity index (χ3v) is 4.09. The van der Waals surface area contributed by atoms with Crippen molar-refractivity contribution in [3.05, 3.63) is 42.2 Å². The predicted octanol–water partition coefficient (Wildman–Crippen LogP) is 1.61. The molecule has 5 nitrogen and oxygen atoms in total. The van der Waals surface area contributed by atoms with Gasteiger partial charge in [-0.25, -0.2) is 0 Å². The third kappa shape index (κ3) is 2.69. The highest BCUT2D eigenvalue weighted by Gasteiger charge is 2.41. The quantitative estimate of drug-likeness (QED) is 0.895. The van der Waals surface area contributed by atoms with Crippen LogP contribution < -0.4 is 10.6 Å². The van der Waals surface area contributed by atoms with Crippen LogP contribution in [0.5, 0.6) is 0 Å². The molecule has 0 aliphatic carbocycles. The van der Waals surface area contributed by atoms with Gasteiger partial charge in [0.2, 0.25) is 5.91 Å². The molecule has 1 unspecified atom stereocenters. The van der Waals surface area contributed by atoms with E-state index in [-0.39, 0.29) is 5.91 Å². The molecule has 1 amide bonds. The number of carbonyl (C=O) groups excluding carboxylic acids is 1. The van der Waals surface area contributed by atoms with Crippen LogP contribution in [0.25, 0.3) is 11.3 Å². The first-order valence-electron chi connectivity index (χ1n) is 7.17. The average Bonchev–Trinajstić information content (AvgIpc) is 3.18. The summed E-state index contributed by atoms with van der Waals surface area (Å²) in [4.78, 5) is 12.2. The number of carbonyl (C=O) groups is 1. The first-order valence-corrected chi connectivity index (χ1v) is 7.17. The van der Waals surface area contributed by atoms with E-state index in [2.05, 4.69) is 15.8 Å². The Morgan fingerprint density at radius 2 is 2.24 bits per heavy atom. The summed E-state index contributed by atoms with van der Waals surface area (Å²) in [6.45, 7) is 1.53. The zero-order valence-corrected chi connectivity index (χ0v) is 12.1. The molecule has 2 N–H and O–H groups in total. The molecular weight excluding hydrogens is 266 g/mol. The van der Waals surface area contributed by atoms with Gasteiger partial charge in [0.25, 0.3) is 0 Å². The third-order valence-electron chi connectivity index (χ3n) is 4.09. The SMILES string of the molecule is CNC(=O)C1(Cc2cc(-c3ccccc3)no2)CCNC1. The molecule has 2 heterocycles. The highest BCUT2D eigenvalue weighted by Crippen LogP contribution is 2.31. The van der Waals surface area contributed by atoms with Gasteiger partial charge in [0.1, 0.15) is 11.5 Å². The molecule has 3 rings (SSSR count). The number of benzene rings is 1. The lowest BCUT2D eigenvalue weighted by Crippen LogP contribution is -2.42. The van der Waals surface area contributed by atoms with E-state index < -0.39 is 5.41 Å². The van der Waals surface area contributed by atoms with E-state index in [4.69, 9.17) is 4.52 Å². The Morgan fingerprint density at radius 3 is 2.90 bits per heavy atom. The fraction of sp³-hybridized carbons (Fsp3) is 0.375. The number of aromatic nitrogens is 1. The summed E-state index contributed by atoms with van der Waals surface area (Å²) < 4.78 is 5.44. The van der Waals surface area contributed by atoms with E-state index in [1.165, 1.54) is 0 Å². The van der Waals surface area contributed by atoms with Gasteiger partial charge in [0, 0.05) is 31.6 Å². The van der Waals surface area contributed by atoms with Crippen molar-refractivity contribution in [1.29, 1.82) is 0 Å². The smallest absolute Gasteiger partial charge is 0.227 e. The minimum atomic E-state index is -0.428. The topological polar surface area (TPSA) is 67.2 Å². The number of nitrogens with one attached hydrogen (secondary N) is 2. The standard InChI is InChI=1S/C16H19N3O2/c1-17-15(20)16(7-8-18-11-16)10-13-9-14(19-21-13)12-5-3-2-4-6-12/h2-6,9,18H,7-8,10-11H2,1H3,(H,17,20). The largest absolute Gasteiger partial charge is 0.361 e. The number of rotatable bonds is 4. The van der Waals surface area contributed by atoms with E-state index in [9.17, 15) is 4.79 Å². The van der Waals surface area contributed by atoms with Crippen molar-refractivity contribution in [1.82, 2.24) is 15.8 Å². The van der Waals surface area contributed by atoms with Gasteiger partial charge in [-0.2, -0.15) is 0 Å². The number of amides is 1. The van der Waals surface area contributed by atoms with Gasteiger partial charge >= 0.3 is 0 Å². The molecule has 1 aromatic carbocycles. The van der Waals surface area contributed by atoms with Crippen molar-refractivity contribution in [3.63, 3.8) is 0 Å². The molecule has 110 valence electrons. The van der Waals surface area contributed by atoms with E-state index in [0.717, 1.165) is 30.0 Å². The van der Waals surface area contributed by atoms with Gasteiger partial charge in [0.15, 0.2) is 0 Å². The maximum absolute atomic E-state index is 12.2. The van der Waals surface area contributed by atoms with Gasteiger partial charge < -0.3 is 15.2 Å². The molecular formula is C16H19N3O2. The molecule has 0 radical (unpaired) electrons. The molecule has 21 heavy (non-hydrogen) atoms. The summed E-state index contributed by atoms with van der Waals surface area (Å²) in [5.74, 6) is 0.811. The summed E-state index contributed by atoms with van der Waals surface area (Å²) in [6, 6.07) is 11.8. The molecule has 1 fully saturated rings. The zero-order valence-electron chi connectivity index (χ0n) is 12.1. The van der Waals surface area contributed by atoms with Crippen molar-refractivity contribution in [2.75, 3.05) is 20.1 Å². The van der Waals surface area contributed by atoms with Crippen LogP contribution in [0.15, 0.2) is 40.9 Å². The summed E-state index contributed by atoms with van der Waals surface area (Å²) in [7, 11) is 1.68. The van der Waals surface area contributed by atoms with Crippen LogP contribution in [0.2, 0.25) is 0 Å². The zero-order chi connectivity index (χ0) is 14.7. The highest BCUT2D eigenvalue weighted by atomic mass is 16.5. The van der Waals surface area contributed by atoms with E-state index in [1.807, 2.05) is 36.4 Å². The fourth-order valence-electron chi connectivity index (χ4n) is 2.91. The molecule has 1 saturated heterocycles. The van der Waals surface area contributed by atoms with Crippen molar-refractivity contribution in [2.24, 2.45) is 5.41 Å². The maximum atomic E-state index is 12.2. The minimum absolute atomic E-state index is 0.0603. The van der Waals surface area contributed by atoms with Gasteiger partial charge in [-0.05, 0) is 13.0 Å². The van der Waals surface area contributed by atoms with Crippen LogP contribution in [0.4, 0.5) is 0 Å². The Hall–Kier alpha value is -2.14. The monoisotopic (exact) mass is 285 g/mol. The van der Waals surface area contributed by atoms with Gasteiger partial charge in [0.05, 0.1) is 5.41 Å². The molecule has 5 heteroatoms. The fourth-order valence-corrected chi connectivity index (χ4v) is 2.91. The lowest BCUT2D eigenvalue weighted by atomic mass is 9.81. The average molecular weight is 285 g/mol. The number of nitrogens with zero attached hydrogens (tertiary/aromatic N) is 1. The molecule has 1 aliphatic rings. The molecule has 0 spiro atoms. The van der Waals surface area contributed by atoms with Gasteiger partial charge in [-0.3, -0.25) is 4.79 Å². The molecule has 1 atom stereocenters. The lowest BCUT2D eigenvalue weighted by molar-refractivity contribution is -0.129. The maximum Gasteiger partial charge on any atom is 0.227 e. The van der Waals surface area contributed by atoms with Gasteiger partial charge in [-0.1, -0.05) is 35.5 Å². The minimum Gasteiger partial charge on any atom is -0.361 e. The second-order valence-electron chi connectivity index (χ2n) is 5.51. The Balaban J connectivity index is 1.82. The van der Waals surface area contributed by atoms with Crippen LogP contribution in [0.1, 0.15) is 12.2 Å². The lowest BCUT2D eigenvalue weighted by Gasteiger charge is -2.24. The summed E-state index contributed by atoms with van der Waals surface area (Å²) >= 11 is 0. The first kappa shape index (κ1) is 13.8. The van der Waals surface area contributed by atoms with Crippen molar-refractivity contribution in [3.8, 4) is 11.3 Å². The molecule has 0 saturated carbocycles. The molecule has 1 aliphatic heterocycles. The van der Waals surface area contributed by atoms with Crippen LogP contribution in [-0.2, 0) is 11.2 Å². The van der Waals surface area contributed by atoms with Crippen LogP contribution in [0, 0.1) is 5.41 Å². The Morgan fingerprint density at radius 1 is 1.43 bits per heavy atom. The van der Waals surface area contributed by atoms with Crippen LogP contribution in [-0.4, -0.2) is 31.2 Å². The van der Waals surface area contributed by atoms with Crippen molar-refractivity contribution < 1.29 is 9.32 Å². The Bertz CT molecular complexity index is 615. The van der Waals surface area contributed by atoms with Gasteiger partial charge in [-0.15, -0.1) is 0 Å². The van der Waals surface area contributed by atoms with E-state index >= 15 is 0 Å². The molecule has 2 aromatic rings. The number of hydrogen-bond acceptors (Lipinski definition) is 4.